The number of carbonyl (C=O) groups is 2. The van der Waals surface area contributed by atoms with Crippen molar-refractivity contribution in [1.82, 2.24) is 4.90 Å². The molecular formula is C15H21NO4. The second-order valence-electron chi connectivity index (χ2n) is 6.26. The zero-order valence-corrected chi connectivity index (χ0v) is 12.2. The van der Waals surface area contributed by atoms with Gasteiger partial charge in [0.15, 0.2) is 0 Å². The molecule has 2 fully saturated rings. The summed E-state index contributed by atoms with van der Waals surface area (Å²) in [5, 5.41) is 0. The first-order chi connectivity index (χ1) is 9.48. The number of carbonyl (C=O) groups excluding carboxylic acids is 2. The summed E-state index contributed by atoms with van der Waals surface area (Å²) in [6.07, 6.45) is 3.57. The molecule has 3 heterocycles. The van der Waals surface area contributed by atoms with Crippen LogP contribution in [0.1, 0.15) is 20.8 Å². The molecule has 0 aliphatic carbocycles. The average molecular weight is 279 g/mol. The van der Waals surface area contributed by atoms with E-state index in [4.69, 9.17) is 9.47 Å². The number of nitrogens with zero attached hydrogens (tertiary/aromatic N) is 1. The fraction of sp³-hybridized carbons (Fsp3) is 0.733. The van der Waals surface area contributed by atoms with E-state index in [1.54, 1.807) is 6.92 Å². The SMILES string of the molecule is CCOC(=O)C1C2C=CC3(CN(CC(C)C)C(=O)C13)O2. The number of fused-ring (bicyclic) bond motifs is 1. The van der Waals surface area contributed by atoms with E-state index < -0.39 is 17.4 Å². The van der Waals surface area contributed by atoms with E-state index in [0.717, 1.165) is 0 Å². The molecule has 0 aromatic rings. The molecule has 5 nitrogen and oxygen atoms in total. The first kappa shape index (κ1) is 13.6. The maximum atomic E-state index is 12.6. The van der Waals surface area contributed by atoms with Crippen molar-refractivity contribution < 1.29 is 19.1 Å². The number of hydrogen-bond acceptors (Lipinski definition) is 4. The van der Waals surface area contributed by atoms with Gasteiger partial charge >= 0.3 is 5.97 Å². The molecule has 4 atom stereocenters. The number of esters is 1. The molecule has 3 aliphatic heterocycles. The molecule has 0 aromatic heterocycles. The summed E-state index contributed by atoms with van der Waals surface area (Å²) in [7, 11) is 0. The molecule has 0 N–H and O–H groups in total. The van der Waals surface area contributed by atoms with Crippen LogP contribution in [0, 0.1) is 17.8 Å². The van der Waals surface area contributed by atoms with Crippen molar-refractivity contribution in [3.63, 3.8) is 0 Å². The minimum absolute atomic E-state index is 0.0311. The predicted molar refractivity (Wildman–Crippen MR) is 71.8 cm³/mol. The molecule has 20 heavy (non-hydrogen) atoms. The van der Waals surface area contributed by atoms with E-state index in [0.29, 0.717) is 25.6 Å². The quantitative estimate of drug-likeness (QED) is 0.569. The summed E-state index contributed by atoms with van der Waals surface area (Å²) in [6.45, 7) is 7.52. The fourth-order valence-electron chi connectivity index (χ4n) is 3.68. The van der Waals surface area contributed by atoms with Gasteiger partial charge in [-0.2, -0.15) is 0 Å². The van der Waals surface area contributed by atoms with Gasteiger partial charge in [0.05, 0.1) is 25.2 Å². The van der Waals surface area contributed by atoms with E-state index in [1.807, 2.05) is 17.1 Å². The predicted octanol–water partition coefficient (Wildman–Crippen LogP) is 0.987. The lowest BCUT2D eigenvalue weighted by molar-refractivity contribution is -0.153. The lowest BCUT2D eigenvalue weighted by Gasteiger charge is -2.22. The van der Waals surface area contributed by atoms with Crippen molar-refractivity contribution >= 4 is 11.9 Å². The third-order valence-corrected chi connectivity index (χ3v) is 4.32. The first-order valence-electron chi connectivity index (χ1n) is 7.31. The van der Waals surface area contributed by atoms with Crippen molar-refractivity contribution in [3.05, 3.63) is 12.2 Å². The molecular weight excluding hydrogens is 258 g/mol. The molecule has 0 saturated carbocycles. The molecule has 0 radical (unpaired) electrons. The average Bonchev–Trinajstić information content (AvgIpc) is 2.98. The standard InChI is InChI=1S/C15H21NO4/c1-4-19-14(18)11-10-5-6-15(20-10)8-16(7-9(2)3)13(17)12(11)15/h5-6,9-12H,4,7-8H2,1-3H3. The number of amides is 1. The van der Waals surface area contributed by atoms with E-state index in [1.165, 1.54) is 0 Å². The van der Waals surface area contributed by atoms with Crippen LogP contribution in [-0.4, -0.2) is 48.2 Å². The summed E-state index contributed by atoms with van der Waals surface area (Å²) < 4.78 is 11.1. The Kier molecular flexibility index (Phi) is 3.12. The number of likely N-dealkylation sites (tertiary alicyclic amines) is 1. The van der Waals surface area contributed by atoms with Crippen LogP contribution < -0.4 is 0 Å². The van der Waals surface area contributed by atoms with E-state index in [-0.39, 0.29) is 18.0 Å². The molecule has 1 amide bonds. The first-order valence-corrected chi connectivity index (χ1v) is 7.31. The molecule has 4 unspecified atom stereocenters. The van der Waals surface area contributed by atoms with Crippen molar-refractivity contribution in [2.24, 2.45) is 17.8 Å². The molecule has 110 valence electrons. The zero-order valence-electron chi connectivity index (χ0n) is 12.2. The summed E-state index contributed by atoms with van der Waals surface area (Å²) in [5.41, 5.74) is -0.603. The van der Waals surface area contributed by atoms with Crippen LogP contribution in [0.3, 0.4) is 0 Å². The summed E-state index contributed by atoms with van der Waals surface area (Å²) in [4.78, 5) is 26.6. The number of rotatable bonds is 4. The Bertz CT molecular complexity index is 472. The number of hydrogen-bond donors (Lipinski definition) is 0. The Balaban J connectivity index is 1.87. The molecule has 1 spiro atoms. The molecule has 3 aliphatic rings. The monoisotopic (exact) mass is 279 g/mol. The van der Waals surface area contributed by atoms with E-state index in [2.05, 4.69) is 13.8 Å². The Morgan fingerprint density at radius 1 is 1.60 bits per heavy atom. The maximum Gasteiger partial charge on any atom is 0.312 e. The highest BCUT2D eigenvalue weighted by molar-refractivity contribution is 5.91. The lowest BCUT2D eigenvalue weighted by atomic mass is 9.77. The van der Waals surface area contributed by atoms with Crippen molar-refractivity contribution in [2.75, 3.05) is 19.7 Å². The van der Waals surface area contributed by atoms with E-state index in [9.17, 15) is 9.59 Å². The Morgan fingerprint density at radius 2 is 2.35 bits per heavy atom. The minimum atomic E-state index is -0.603. The molecule has 2 bridgehead atoms. The largest absolute Gasteiger partial charge is 0.466 e. The smallest absolute Gasteiger partial charge is 0.312 e. The van der Waals surface area contributed by atoms with Crippen LogP contribution in [0.25, 0.3) is 0 Å². The van der Waals surface area contributed by atoms with Crippen LogP contribution in [0.15, 0.2) is 12.2 Å². The highest BCUT2D eigenvalue weighted by atomic mass is 16.6. The van der Waals surface area contributed by atoms with Crippen molar-refractivity contribution in [3.8, 4) is 0 Å². The van der Waals surface area contributed by atoms with Gasteiger partial charge in [-0.1, -0.05) is 26.0 Å². The highest BCUT2D eigenvalue weighted by Gasteiger charge is 2.67. The maximum absolute atomic E-state index is 12.6. The van der Waals surface area contributed by atoms with Crippen LogP contribution in [0.4, 0.5) is 0 Å². The summed E-state index contributed by atoms with van der Waals surface area (Å²) in [6, 6.07) is 0. The molecule has 3 rings (SSSR count). The van der Waals surface area contributed by atoms with Gasteiger partial charge in [-0.15, -0.1) is 0 Å². The molecule has 2 saturated heterocycles. The van der Waals surface area contributed by atoms with Gasteiger partial charge in [0.1, 0.15) is 11.5 Å². The van der Waals surface area contributed by atoms with Gasteiger partial charge in [-0.05, 0) is 12.8 Å². The van der Waals surface area contributed by atoms with Gasteiger partial charge in [0.25, 0.3) is 0 Å². The fourth-order valence-corrected chi connectivity index (χ4v) is 3.68. The lowest BCUT2D eigenvalue weighted by Crippen LogP contribution is -2.40. The van der Waals surface area contributed by atoms with Crippen molar-refractivity contribution in [2.45, 2.75) is 32.5 Å². The summed E-state index contributed by atoms with van der Waals surface area (Å²) in [5.74, 6) is -0.770. The normalized spacial score (nSPS) is 37.9. The second kappa shape index (κ2) is 4.58. The minimum Gasteiger partial charge on any atom is -0.466 e. The van der Waals surface area contributed by atoms with E-state index >= 15 is 0 Å². The van der Waals surface area contributed by atoms with Gasteiger partial charge in [0, 0.05) is 6.54 Å². The van der Waals surface area contributed by atoms with Crippen molar-refractivity contribution in [1.29, 1.82) is 0 Å². The van der Waals surface area contributed by atoms with Crippen LogP contribution in [0.5, 0.6) is 0 Å². The third kappa shape index (κ3) is 1.79. The Morgan fingerprint density at radius 3 is 3.00 bits per heavy atom. The topological polar surface area (TPSA) is 55.8 Å². The highest BCUT2D eigenvalue weighted by Crippen LogP contribution is 2.52. The Labute approximate surface area is 118 Å². The van der Waals surface area contributed by atoms with Crippen LogP contribution in [-0.2, 0) is 19.1 Å². The van der Waals surface area contributed by atoms with Crippen LogP contribution >= 0.6 is 0 Å². The number of ether oxygens (including phenoxy) is 2. The second-order valence-corrected chi connectivity index (χ2v) is 6.26. The molecule has 0 aromatic carbocycles. The van der Waals surface area contributed by atoms with Gasteiger partial charge in [-0.3, -0.25) is 9.59 Å². The van der Waals surface area contributed by atoms with Crippen LogP contribution in [0.2, 0.25) is 0 Å². The van der Waals surface area contributed by atoms with Gasteiger partial charge in [0.2, 0.25) is 5.91 Å². The zero-order chi connectivity index (χ0) is 14.5. The summed E-state index contributed by atoms with van der Waals surface area (Å²) >= 11 is 0. The molecule has 5 heteroatoms. The Hall–Kier alpha value is -1.36. The van der Waals surface area contributed by atoms with Gasteiger partial charge in [-0.25, -0.2) is 0 Å². The third-order valence-electron chi connectivity index (χ3n) is 4.32. The van der Waals surface area contributed by atoms with Gasteiger partial charge < -0.3 is 14.4 Å².